The number of amidine groups is 1. The van der Waals surface area contributed by atoms with Gasteiger partial charge in [-0.15, -0.1) is 0 Å². The van der Waals surface area contributed by atoms with E-state index in [9.17, 15) is 8.60 Å². The summed E-state index contributed by atoms with van der Waals surface area (Å²) in [7, 11) is 5.45. The standard InChI is InChI=1S/C21H28B3FN6O3S/c1-20(2,19(26)27-3)35(32,31-21(22,23)24)11-13-7-12(5-6-14(13)25)17-8-15(30-34-17)16-9-29-18(33-4)10-28-16/h5-10H,11,22-24H2,1-4H3,(H2,26,27). The number of methoxy groups -OCH3 is 1. The van der Waals surface area contributed by atoms with Crippen LogP contribution in [0.15, 0.2) is 50.5 Å². The lowest BCUT2D eigenvalue weighted by molar-refractivity contribution is 0.395. The first-order valence-electron chi connectivity index (χ1n) is 10.9. The summed E-state index contributed by atoms with van der Waals surface area (Å²) < 4.78 is 43.3. The highest BCUT2D eigenvalue weighted by Gasteiger charge is 2.38. The van der Waals surface area contributed by atoms with Crippen molar-refractivity contribution in [2.75, 3.05) is 14.2 Å². The molecule has 9 nitrogen and oxygen atoms in total. The van der Waals surface area contributed by atoms with Crippen molar-refractivity contribution in [3.8, 4) is 28.6 Å². The van der Waals surface area contributed by atoms with Gasteiger partial charge in [0.1, 0.15) is 51.3 Å². The van der Waals surface area contributed by atoms with E-state index in [-0.39, 0.29) is 17.2 Å². The fourth-order valence-corrected chi connectivity index (χ4v) is 5.94. The number of nitrogens with two attached hydrogens (primary N) is 1. The molecule has 0 radical (unpaired) electrons. The molecule has 2 heterocycles. The Morgan fingerprint density at radius 1 is 1.20 bits per heavy atom. The fraction of sp³-hybridized carbons (Fsp3) is 0.333. The molecular weight excluding hydrogens is 468 g/mol. The van der Waals surface area contributed by atoms with Crippen LogP contribution in [0.3, 0.4) is 0 Å². The van der Waals surface area contributed by atoms with Gasteiger partial charge >= 0.3 is 0 Å². The zero-order valence-corrected chi connectivity index (χ0v) is 21.8. The maximum Gasteiger partial charge on any atom is 0.232 e. The summed E-state index contributed by atoms with van der Waals surface area (Å²) in [5, 5.41) is 3.40. The Labute approximate surface area is 207 Å². The third-order valence-electron chi connectivity index (χ3n) is 5.37. The minimum absolute atomic E-state index is 0.155. The van der Waals surface area contributed by atoms with Crippen molar-refractivity contribution in [1.82, 2.24) is 15.1 Å². The molecule has 0 bridgehead atoms. The van der Waals surface area contributed by atoms with E-state index in [1.54, 1.807) is 32.0 Å². The first-order chi connectivity index (χ1) is 16.3. The molecule has 0 saturated heterocycles. The van der Waals surface area contributed by atoms with Crippen molar-refractivity contribution in [1.29, 1.82) is 0 Å². The van der Waals surface area contributed by atoms with Crippen LogP contribution in [0.25, 0.3) is 22.7 Å². The van der Waals surface area contributed by atoms with E-state index < -0.39 is 25.5 Å². The highest BCUT2D eigenvalue weighted by Crippen LogP contribution is 2.31. The first-order valence-corrected chi connectivity index (χ1v) is 12.6. The van der Waals surface area contributed by atoms with Crippen LogP contribution in [0.1, 0.15) is 19.4 Å². The van der Waals surface area contributed by atoms with Gasteiger partial charge in [-0.3, -0.25) is 9.36 Å². The van der Waals surface area contributed by atoms with Gasteiger partial charge in [-0.05, 0) is 37.3 Å². The number of rotatable bonds is 8. The van der Waals surface area contributed by atoms with Crippen LogP contribution in [0.2, 0.25) is 0 Å². The Hall–Kier alpha value is -3.15. The highest BCUT2D eigenvalue weighted by atomic mass is 32.2. The Morgan fingerprint density at radius 2 is 1.91 bits per heavy atom. The monoisotopic (exact) mass is 496 g/mol. The van der Waals surface area contributed by atoms with Crippen molar-refractivity contribution in [2.24, 2.45) is 15.1 Å². The quantitative estimate of drug-likeness (QED) is 0.268. The first kappa shape index (κ1) is 26.5. The maximum absolute atomic E-state index is 15.0. The Kier molecular flexibility index (Phi) is 7.44. The summed E-state index contributed by atoms with van der Waals surface area (Å²) in [5.74, 6) is 0.299. The summed E-state index contributed by atoms with van der Waals surface area (Å²) in [4.78, 5) is 12.4. The number of hydrogen-bond acceptors (Lipinski definition) is 8. The highest BCUT2D eigenvalue weighted by molar-refractivity contribution is 7.95. The average Bonchev–Trinajstić information content (AvgIpc) is 3.29. The van der Waals surface area contributed by atoms with Crippen LogP contribution in [0.5, 0.6) is 5.88 Å². The number of aliphatic imine (C=N–C) groups is 1. The van der Waals surface area contributed by atoms with E-state index in [1.807, 2.05) is 23.5 Å². The fourth-order valence-electron chi connectivity index (χ4n) is 3.34. The molecule has 0 saturated carbocycles. The second kappa shape index (κ2) is 9.84. The SMILES string of the molecule is BC(B)(B)N=S(=O)(Cc1cc(-c2cc(-c3cnc(OC)cn3)no2)ccc1F)C(C)(C)/C(N)=N\C. The average molecular weight is 496 g/mol. The van der Waals surface area contributed by atoms with Crippen LogP contribution in [0.4, 0.5) is 4.39 Å². The second-order valence-electron chi connectivity index (χ2n) is 9.49. The van der Waals surface area contributed by atoms with Crippen LogP contribution in [-0.2, 0) is 15.5 Å². The van der Waals surface area contributed by atoms with Gasteiger partial charge in [0, 0.05) is 24.2 Å². The number of benzene rings is 1. The van der Waals surface area contributed by atoms with E-state index in [4.69, 9.17) is 15.0 Å². The Morgan fingerprint density at radius 3 is 2.49 bits per heavy atom. The molecule has 35 heavy (non-hydrogen) atoms. The van der Waals surface area contributed by atoms with Crippen LogP contribution in [-0.4, -0.2) is 72.8 Å². The Bertz CT molecular complexity index is 1360. The molecule has 3 aromatic rings. The minimum atomic E-state index is -3.10. The second-order valence-corrected chi connectivity index (χ2v) is 12.3. The molecule has 1 atom stereocenters. The van der Waals surface area contributed by atoms with Crippen molar-refractivity contribution < 1.29 is 17.9 Å². The van der Waals surface area contributed by atoms with Gasteiger partial charge in [-0.1, -0.05) is 5.16 Å². The number of aromatic nitrogens is 3. The predicted molar refractivity (Wildman–Crippen MR) is 144 cm³/mol. The molecule has 14 heteroatoms. The predicted octanol–water partition coefficient (Wildman–Crippen LogP) is 0.191. The zero-order valence-electron chi connectivity index (χ0n) is 21.0. The normalized spacial score (nSPS) is 14.4. The van der Waals surface area contributed by atoms with Crippen molar-refractivity contribution in [3.05, 3.63) is 48.0 Å². The number of nitrogens with zero attached hydrogens (tertiary/aromatic N) is 5. The molecule has 2 aromatic heterocycles. The zero-order chi connectivity index (χ0) is 26.0. The van der Waals surface area contributed by atoms with Crippen LogP contribution < -0.4 is 10.5 Å². The summed E-state index contributed by atoms with van der Waals surface area (Å²) in [6.07, 6.45) is 2.99. The van der Waals surface area contributed by atoms with Crippen molar-refractivity contribution in [2.45, 2.75) is 29.6 Å². The summed E-state index contributed by atoms with van der Waals surface area (Å²) in [6.45, 7) is 3.43. The van der Waals surface area contributed by atoms with Gasteiger partial charge in [0.05, 0.1) is 35.0 Å². The Balaban J connectivity index is 2.03. The number of hydrogen-bond donors (Lipinski definition) is 1. The lowest BCUT2D eigenvalue weighted by atomic mass is 9.50. The van der Waals surface area contributed by atoms with E-state index in [0.717, 1.165) is 0 Å². The van der Waals surface area contributed by atoms with Crippen LogP contribution in [0, 0.1) is 5.82 Å². The molecular formula is C21H28B3FN6O3S. The molecule has 0 fully saturated rings. The third-order valence-corrected chi connectivity index (χ3v) is 8.72. The molecule has 0 aliphatic rings. The van der Waals surface area contributed by atoms with E-state index in [1.165, 1.54) is 32.6 Å². The minimum Gasteiger partial charge on any atom is -0.480 e. The smallest absolute Gasteiger partial charge is 0.232 e. The van der Waals surface area contributed by atoms with Crippen LogP contribution >= 0.6 is 0 Å². The van der Waals surface area contributed by atoms with Gasteiger partial charge in [0.25, 0.3) is 0 Å². The van der Waals surface area contributed by atoms with Gasteiger partial charge in [0.2, 0.25) is 5.88 Å². The third kappa shape index (κ3) is 5.75. The molecule has 3 rings (SSSR count). The van der Waals surface area contributed by atoms with E-state index >= 15 is 0 Å². The molecule has 0 aliphatic carbocycles. The molecule has 1 aromatic carbocycles. The van der Waals surface area contributed by atoms with Crippen molar-refractivity contribution in [3.63, 3.8) is 0 Å². The van der Waals surface area contributed by atoms with Crippen molar-refractivity contribution >= 4 is 39.1 Å². The van der Waals surface area contributed by atoms with E-state index in [0.29, 0.717) is 28.6 Å². The largest absolute Gasteiger partial charge is 0.480 e. The maximum atomic E-state index is 15.0. The molecule has 2 N–H and O–H groups in total. The molecule has 0 spiro atoms. The van der Waals surface area contributed by atoms with Gasteiger partial charge in [-0.2, -0.15) is 0 Å². The molecule has 1 unspecified atom stereocenters. The summed E-state index contributed by atoms with van der Waals surface area (Å²) in [5.41, 5.74) is 7.86. The molecule has 0 aliphatic heterocycles. The van der Waals surface area contributed by atoms with E-state index in [2.05, 4.69) is 24.5 Å². The van der Waals surface area contributed by atoms with Gasteiger partial charge in [0.15, 0.2) is 5.76 Å². The number of ether oxygens (including phenoxy) is 1. The lowest BCUT2D eigenvalue weighted by Crippen LogP contribution is -2.47. The summed E-state index contributed by atoms with van der Waals surface area (Å²) >= 11 is 0. The van der Waals surface area contributed by atoms with Gasteiger partial charge in [-0.25, -0.2) is 18.6 Å². The summed E-state index contributed by atoms with van der Waals surface area (Å²) in [6, 6.07) is 6.14. The topological polar surface area (TPSA) is 129 Å². The lowest BCUT2D eigenvalue weighted by Gasteiger charge is -2.31. The number of halogens is 1. The molecule has 182 valence electrons. The molecule has 0 amide bonds. The van der Waals surface area contributed by atoms with Gasteiger partial charge < -0.3 is 15.0 Å².